The molecule has 0 aromatic heterocycles. The van der Waals surface area contributed by atoms with Crippen molar-refractivity contribution in [1.82, 2.24) is 0 Å². The second-order valence-corrected chi connectivity index (χ2v) is 15.6. The molecule has 4 nitrogen and oxygen atoms in total. The fraction of sp³-hybridized carbons (Fsp3) is 1.00. The Morgan fingerprint density at radius 1 is 1.05 bits per heavy atom. The van der Waals surface area contributed by atoms with Crippen molar-refractivity contribution in [3.8, 4) is 0 Å². The van der Waals surface area contributed by atoms with Crippen molar-refractivity contribution >= 4 is 16.9 Å². The van der Waals surface area contributed by atoms with Crippen LogP contribution in [0.15, 0.2) is 0 Å². The largest absolute Gasteiger partial charge is 0.500 e. The molecule has 6 heteroatoms. The van der Waals surface area contributed by atoms with Gasteiger partial charge in [0.25, 0.3) is 0 Å². The minimum absolute atomic E-state index is 0.194. The molecule has 0 bridgehead atoms. The van der Waals surface area contributed by atoms with Gasteiger partial charge in [0, 0.05) is 25.0 Å². The van der Waals surface area contributed by atoms with Crippen molar-refractivity contribution < 1.29 is 13.3 Å². The van der Waals surface area contributed by atoms with Crippen molar-refractivity contribution in [3.05, 3.63) is 0 Å². The molecule has 128 valence electrons. The van der Waals surface area contributed by atoms with Gasteiger partial charge in [-0.2, -0.15) is 0 Å². The second kappa shape index (κ2) is 8.79. The fourth-order valence-electron chi connectivity index (χ4n) is 2.10. The summed E-state index contributed by atoms with van der Waals surface area (Å²) in [6.45, 7) is 19.8. The Balaban J connectivity index is 5.17. The van der Waals surface area contributed by atoms with Crippen molar-refractivity contribution in [3.63, 3.8) is 0 Å². The van der Waals surface area contributed by atoms with Crippen LogP contribution in [0, 0.1) is 0 Å². The van der Waals surface area contributed by atoms with E-state index in [9.17, 15) is 0 Å². The van der Waals surface area contributed by atoms with Crippen LogP contribution in [0.3, 0.4) is 0 Å². The van der Waals surface area contributed by atoms with E-state index >= 15 is 0 Å². The molecule has 0 spiro atoms. The summed E-state index contributed by atoms with van der Waals surface area (Å²) in [5.74, 6) is 0. The summed E-state index contributed by atoms with van der Waals surface area (Å²) < 4.78 is 18.5. The number of rotatable bonds is 10. The smallest absolute Gasteiger partial charge is 0.374 e. The van der Waals surface area contributed by atoms with Gasteiger partial charge in [-0.05, 0) is 38.8 Å². The Morgan fingerprint density at radius 2 is 1.52 bits per heavy atom. The molecule has 0 saturated heterocycles. The highest BCUT2D eigenvalue weighted by atomic mass is 28.4. The summed E-state index contributed by atoms with van der Waals surface area (Å²) >= 11 is 0. The molecular weight excluding hydrogens is 298 g/mol. The van der Waals surface area contributed by atoms with Crippen LogP contribution in [0.2, 0.25) is 24.2 Å². The molecule has 0 rings (SSSR count). The van der Waals surface area contributed by atoms with E-state index in [0.29, 0.717) is 19.8 Å². The van der Waals surface area contributed by atoms with Gasteiger partial charge in [-0.1, -0.05) is 33.9 Å². The Morgan fingerprint density at radius 3 is 1.86 bits per heavy atom. The molecule has 0 aliphatic rings. The number of hydrogen-bond acceptors (Lipinski definition) is 4. The lowest BCUT2D eigenvalue weighted by molar-refractivity contribution is 0.0566. The van der Waals surface area contributed by atoms with E-state index in [1.54, 1.807) is 0 Å². The van der Waals surface area contributed by atoms with Crippen LogP contribution in [0.5, 0.6) is 0 Å². The Kier molecular flexibility index (Phi) is 8.90. The van der Waals surface area contributed by atoms with Crippen LogP contribution in [-0.4, -0.2) is 42.4 Å². The van der Waals surface area contributed by atoms with E-state index in [0.717, 1.165) is 12.5 Å². The lowest BCUT2D eigenvalue weighted by Crippen LogP contribution is -2.57. The summed E-state index contributed by atoms with van der Waals surface area (Å²) in [6.07, 6.45) is 0.885. The van der Waals surface area contributed by atoms with E-state index in [1.807, 2.05) is 13.8 Å². The summed E-state index contributed by atoms with van der Waals surface area (Å²) in [5, 5.41) is 0.277. The van der Waals surface area contributed by atoms with Gasteiger partial charge in [0.2, 0.25) is 0 Å². The van der Waals surface area contributed by atoms with Crippen LogP contribution < -0.4 is 5.73 Å². The van der Waals surface area contributed by atoms with Crippen molar-refractivity contribution in [2.75, 3.05) is 19.8 Å². The van der Waals surface area contributed by atoms with E-state index in [2.05, 4.69) is 40.8 Å². The highest BCUT2D eigenvalue weighted by molar-refractivity contribution is 6.82. The van der Waals surface area contributed by atoms with Gasteiger partial charge < -0.3 is 19.0 Å². The monoisotopic (exact) mass is 335 g/mol. The Labute approximate surface area is 134 Å². The van der Waals surface area contributed by atoms with Crippen LogP contribution in [-0.2, 0) is 13.3 Å². The van der Waals surface area contributed by atoms with Crippen LogP contribution in [0.4, 0.5) is 0 Å². The highest BCUT2D eigenvalue weighted by Gasteiger charge is 2.48. The zero-order valence-corrected chi connectivity index (χ0v) is 17.4. The minimum atomic E-state index is -2.61. The average molecular weight is 336 g/mol. The third-order valence-electron chi connectivity index (χ3n) is 4.72. The van der Waals surface area contributed by atoms with Gasteiger partial charge in [0.15, 0.2) is 0 Å². The third kappa shape index (κ3) is 6.11. The molecule has 1 atom stereocenters. The van der Waals surface area contributed by atoms with E-state index in [4.69, 9.17) is 19.0 Å². The Hall–Kier alpha value is 0.274. The predicted octanol–water partition coefficient (Wildman–Crippen LogP) is 3.80. The predicted molar refractivity (Wildman–Crippen MR) is 95.2 cm³/mol. The van der Waals surface area contributed by atoms with Crippen molar-refractivity contribution in [2.24, 2.45) is 5.73 Å². The molecule has 0 radical (unpaired) electrons. The molecule has 0 fully saturated rings. The topological polar surface area (TPSA) is 53.7 Å². The second-order valence-electron chi connectivity index (χ2n) is 7.17. The maximum Gasteiger partial charge on any atom is 0.500 e. The first-order valence-corrected chi connectivity index (χ1v) is 13.2. The summed E-state index contributed by atoms with van der Waals surface area (Å²) in [4.78, 5) is 0. The summed E-state index contributed by atoms with van der Waals surface area (Å²) in [5.41, 5.74) is 5.87. The molecule has 0 aromatic carbocycles. The summed E-state index contributed by atoms with van der Waals surface area (Å²) in [6, 6.07) is 0.810. The number of nitrogens with two attached hydrogens (primary N) is 1. The highest BCUT2D eigenvalue weighted by Crippen LogP contribution is 2.40. The summed E-state index contributed by atoms with van der Waals surface area (Å²) in [7, 11) is -4.21. The standard InChI is InChI=1S/C15H37NO3Si2/c1-9-17-21(18-10-2,13-11-12-16)19-14(3)20(7,8)15(4,5)6/h14H,9-13,16H2,1-8H3. The van der Waals surface area contributed by atoms with Crippen molar-refractivity contribution in [1.29, 1.82) is 0 Å². The van der Waals surface area contributed by atoms with Gasteiger partial charge in [0.05, 0.1) is 8.07 Å². The maximum absolute atomic E-state index is 6.51. The lowest BCUT2D eigenvalue weighted by Gasteiger charge is -2.44. The molecule has 2 N–H and O–H groups in total. The van der Waals surface area contributed by atoms with Gasteiger partial charge in [-0.15, -0.1) is 0 Å². The maximum atomic E-state index is 6.51. The van der Waals surface area contributed by atoms with Gasteiger partial charge >= 0.3 is 8.80 Å². The minimum Gasteiger partial charge on any atom is -0.374 e. The first-order valence-electron chi connectivity index (χ1n) is 8.22. The van der Waals surface area contributed by atoms with Gasteiger partial charge in [-0.25, -0.2) is 0 Å². The molecular formula is C15H37NO3Si2. The zero-order chi connectivity index (χ0) is 16.7. The van der Waals surface area contributed by atoms with Crippen LogP contribution in [0.25, 0.3) is 0 Å². The first-order chi connectivity index (χ1) is 9.56. The van der Waals surface area contributed by atoms with E-state index in [1.165, 1.54) is 0 Å². The van der Waals surface area contributed by atoms with Crippen LogP contribution in [0.1, 0.15) is 48.0 Å². The normalized spacial score (nSPS) is 15.3. The third-order valence-corrected chi connectivity index (χ3v) is 14.1. The van der Waals surface area contributed by atoms with Crippen molar-refractivity contribution in [2.45, 2.75) is 77.9 Å². The quantitative estimate of drug-likeness (QED) is 0.617. The molecule has 1 unspecified atom stereocenters. The zero-order valence-electron chi connectivity index (χ0n) is 15.4. The lowest BCUT2D eigenvalue weighted by atomic mass is 10.2. The molecule has 0 heterocycles. The Bertz CT molecular complexity index is 287. The molecule has 0 aliphatic heterocycles. The van der Waals surface area contributed by atoms with Gasteiger partial charge in [0.1, 0.15) is 0 Å². The molecule has 0 aromatic rings. The fourth-order valence-corrected chi connectivity index (χ4v) is 7.72. The van der Waals surface area contributed by atoms with Crippen LogP contribution >= 0.6 is 0 Å². The number of hydrogen-bond donors (Lipinski definition) is 1. The van der Waals surface area contributed by atoms with Gasteiger partial charge in [-0.3, -0.25) is 0 Å². The SMILES string of the molecule is CCO[Si](CCCN)(OCC)OC(C)[Si](C)(C)C(C)(C)C. The molecule has 21 heavy (non-hydrogen) atoms. The molecule has 0 amide bonds. The molecule has 0 aliphatic carbocycles. The van der Waals surface area contributed by atoms with E-state index in [-0.39, 0.29) is 10.8 Å². The average Bonchev–Trinajstić information content (AvgIpc) is 2.35. The van der Waals surface area contributed by atoms with E-state index < -0.39 is 16.9 Å². The first kappa shape index (κ1) is 21.3. The molecule has 0 saturated carbocycles.